The number of esters is 1. The van der Waals surface area contributed by atoms with Crippen LogP contribution >= 0.6 is 0 Å². The third-order valence-corrected chi connectivity index (χ3v) is 2.81. The van der Waals surface area contributed by atoms with Crippen LogP contribution < -0.4 is 10.1 Å². The average Bonchev–Trinajstić information content (AvgIpc) is 2.57. The van der Waals surface area contributed by atoms with Crippen molar-refractivity contribution in [1.82, 2.24) is 10.2 Å². The first-order valence-corrected chi connectivity index (χ1v) is 6.74. The highest BCUT2D eigenvalue weighted by molar-refractivity contribution is 5.86. The van der Waals surface area contributed by atoms with E-state index in [4.69, 9.17) is 9.47 Å². The lowest BCUT2D eigenvalue weighted by atomic mass is 10.2. The average molecular weight is 322 g/mol. The second-order valence-corrected chi connectivity index (χ2v) is 4.56. The van der Waals surface area contributed by atoms with Crippen molar-refractivity contribution < 1.29 is 28.7 Å². The zero-order valence-electron chi connectivity index (χ0n) is 12.9. The summed E-state index contributed by atoms with van der Waals surface area (Å²) in [5.41, 5.74) is 0.490. The second-order valence-electron chi connectivity index (χ2n) is 4.56. The van der Waals surface area contributed by atoms with Crippen molar-refractivity contribution in [3.05, 3.63) is 29.8 Å². The summed E-state index contributed by atoms with van der Waals surface area (Å²) in [7, 11) is 2.89. The topological polar surface area (TPSA) is 102 Å². The first kappa shape index (κ1) is 18.1. The molecule has 124 valence electrons. The van der Waals surface area contributed by atoms with E-state index < -0.39 is 18.5 Å². The van der Waals surface area contributed by atoms with Gasteiger partial charge >= 0.3 is 5.97 Å². The lowest BCUT2D eigenvalue weighted by molar-refractivity contribution is -0.153. The molecule has 1 aromatic carbocycles. The van der Waals surface area contributed by atoms with Gasteiger partial charge in [-0.1, -0.05) is 0 Å². The van der Waals surface area contributed by atoms with Crippen molar-refractivity contribution in [2.75, 3.05) is 33.9 Å². The standard InChI is InChI=1S/C15H18N2O6/c1-16-13(19)7-17(2)14(20)9-23-15(21)10-22-12-5-3-11(8-18)4-6-12/h3-6,8H,7,9-10H2,1-2H3,(H,16,19). The number of likely N-dealkylation sites (N-methyl/N-ethyl adjacent to an activating group) is 2. The van der Waals surface area contributed by atoms with E-state index in [0.717, 1.165) is 4.90 Å². The molecule has 0 radical (unpaired) electrons. The normalized spacial score (nSPS) is 9.65. The van der Waals surface area contributed by atoms with E-state index in [0.29, 0.717) is 17.6 Å². The molecule has 0 saturated heterocycles. The molecule has 2 amide bonds. The van der Waals surface area contributed by atoms with E-state index >= 15 is 0 Å². The quantitative estimate of drug-likeness (QED) is 0.517. The van der Waals surface area contributed by atoms with E-state index in [-0.39, 0.29) is 19.1 Å². The predicted molar refractivity (Wildman–Crippen MR) is 80.0 cm³/mol. The molecule has 8 heteroatoms. The molecule has 0 saturated carbocycles. The monoisotopic (exact) mass is 322 g/mol. The first-order valence-electron chi connectivity index (χ1n) is 6.74. The van der Waals surface area contributed by atoms with Crippen molar-refractivity contribution in [1.29, 1.82) is 0 Å². The molecule has 0 unspecified atom stereocenters. The second kappa shape index (κ2) is 9.19. The van der Waals surface area contributed by atoms with Crippen LogP contribution in [0.1, 0.15) is 10.4 Å². The van der Waals surface area contributed by atoms with Gasteiger partial charge in [-0.3, -0.25) is 14.4 Å². The molecule has 0 aliphatic heterocycles. The van der Waals surface area contributed by atoms with Gasteiger partial charge in [-0.25, -0.2) is 4.79 Å². The molecule has 1 aromatic rings. The van der Waals surface area contributed by atoms with Gasteiger partial charge in [0.05, 0.1) is 6.54 Å². The van der Waals surface area contributed by atoms with Gasteiger partial charge in [0, 0.05) is 19.7 Å². The van der Waals surface area contributed by atoms with Crippen LogP contribution in [0.4, 0.5) is 0 Å². The van der Waals surface area contributed by atoms with Crippen LogP contribution in [-0.4, -0.2) is 62.8 Å². The van der Waals surface area contributed by atoms with Gasteiger partial charge in [0.25, 0.3) is 5.91 Å². The number of aldehydes is 1. The molecular formula is C15H18N2O6. The van der Waals surface area contributed by atoms with Gasteiger partial charge in [0.2, 0.25) is 5.91 Å². The summed E-state index contributed by atoms with van der Waals surface area (Å²) in [6.07, 6.45) is 0.693. The first-order chi connectivity index (χ1) is 11.0. The van der Waals surface area contributed by atoms with Crippen molar-refractivity contribution in [3.8, 4) is 5.75 Å². The number of ether oxygens (including phenoxy) is 2. The minimum Gasteiger partial charge on any atom is -0.482 e. The Balaban J connectivity index is 2.31. The Morgan fingerprint density at radius 2 is 1.83 bits per heavy atom. The zero-order valence-corrected chi connectivity index (χ0v) is 12.9. The van der Waals surface area contributed by atoms with Gasteiger partial charge in [0.1, 0.15) is 12.0 Å². The van der Waals surface area contributed by atoms with Crippen LogP contribution in [0.5, 0.6) is 5.75 Å². The molecule has 23 heavy (non-hydrogen) atoms. The number of nitrogens with zero attached hydrogens (tertiary/aromatic N) is 1. The number of nitrogens with one attached hydrogen (secondary N) is 1. The Hall–Kier alpha value is -2.90. The molecule has 1 N–H and O–H groups in total. The molecule has 0 spiro atoms. The summed E-state index contributed by atoms with van der Waals surface area (Å²) < 4.78 is 9.93. The van der Waals surface area contributed by atoms with Crippen LogP contribution in [0.2, 0.25) is 0 Å². The maximum absolute atomic E-state index is 11.6. The molecule has 1 rings (SSSR count). The summed E-state index contributed by atoms with van der Waals surface area (Å²) >= 11 is 0. The van der Waals surface area contributed by atoms with Crippen molar-refractivity contribution >= 4 is 24.1 Å². The van der Waals surface area contributed by atoms with Crippen molar-refractivity contribution in [3.63, 3.8) is 0 Å². The minimum atomic E-state index is -0.717. The molecule has 0 aromatic heterocycles. The molecule has 0 bridgehead atoms. The molecule has 0 fully saturated rings. The Labute approximate surface area is 133 Å². The summed E-state index contributed by atoms with van der Waals surface area (Å²) in [4.78, 5) is 45.9. The SMILES string of the molecule is CNC(=O)CN(C)C(=O)COC(=O)COc1ccc(C=O)cc1. The number of benzene rings is 1. The van der Waals surface area contributed by atoms with Crippen LogP contribution in [0.15, 0.2) is 24.3 Å². The van der Waals surface area contributed by atoms with Crippen LogP contribution in [0, 0.1) is 0 Å². The molecule has 0 aliphatic carbocycles. The van der Waals surface area contributed by atoms with Crippen LogP contribution in [0.3, 0.4) is 0 Å². The number of hydrogen-bond donors (Lipinski definition) is 1. The van der Waals surface area contributed by atoms with E-state index in [1.165, 1.54) is 14.1 Å². The zero-order chi connectivity index (χ0) is 17.2. The molecule has 0 atom stereocenters. The third-order valence-electron chi connectivity index (χ3n) is 2.81. The van der Waals surface area contributed by atoms with E-state index in [9.17, 15) is 19.2 Å². The minimum absolute atomic E-state index is 0.119. The fraction of sp³-hybridized carbons (Fsp3) is 0.333. The number of rotatable bonds is 8. The fourth-order valence-electron chi connectivity index (χ4n) is 1.46. The Kier molecular flexibility index (Phi) is 7.25. The highest BCUT2D eigenvalue weighted by atomic mass is 16.6. The molecular weight excluding hydrogens is 304 g/mol. The number of carbonyl (C=O) groups is 4. The van der Waals surface area contributed by atoms with Crippen molar-refractivity contribution in [2.24, 2.45) is 0 Å². The maximum atomic E-state index is 11.6. The highest BCUT2D eigenvalue weighted by Crippen LogP contribution is 2.10. The van der Waals surface area contributed by atoms with Gasteiger partial charge in [-0.05, 0) is 24.3 Å². The van der Waals surface area contributed by atoms with Gasteiger partial charge in [-0.15, -0.1) is 0 Å². The Morgan fingerprint density at radius 3 is 2.39 bits per heavy atom. The smallest absolute Gasteiger partial charge is 0.344 e. The summed E-state index contributed by atoms with van der Waals surface area (Å²) in [5.74, 6) is -1.15. The third kappa shape index (κ3) is 6.60. The summed E-state index contributed by atoms with van der Waals surface area (Å²) in [6.45, 7) is -0.959. The largest absolute Gasteiger partial charge is 0.482 e. The number of carbonyl (C=O) groups excluding carboxylic acids is 4. The number of hydrogen-bond acceptors (Lipinski definition) is 6. The van der Waals surface area contributed by atoms with Gasteiger partial charge < -0.3 is 19.7 Å². The van der Waals surface area contributed by atoms with Crippen molar-refractivity contribution in [2.45, 2.75) is 0 Å². The van der Waals surface area contributed by atoms with E-state index in [2.05, 4.69) is 5.32 Å². The molecule has 8 nitrogen and oxygen atoms in total. The molecule has 0 aliphatic rings. The number of amides is 2. The van der Waals surface area contributed by atoms with Crippen LogP contribution in [0.25, 0.3) is 0 Å². The maximum Gasteiger partial charge on any atom is 0.344 e. The molecule has 0 heterocycles. The Morgan fingerprint density at radius 1 is 1.17 bits per heavy atom. The van der Waals surface area contributed by atoms with Crippen LogP contribution in [-0.2, 0) is 19.1 Å². The predicted octanol–water partition coefficient (Wildman–Crippen LogP) is -0.374. The Bertz CT molecular complexity index is 570. The summed E-state index contributed by atoms with van der Waals surface area (Å²) in [6, 6.07) is 6.18. The van der Waals surface area contributed by atoms with Gasteiger partial charge in [-0.2, -0.15) is 0 Å². The highest BCUT2D eigenvalue weighted by Gasteiger charge is 2.14. The van der Waals surface area contributed by atoms with E-state index in [1.807, 2.05) is 0 Å². The van der Waals surface area contributed by atoms with E-state index in [1.54, 1.807) is 24.3 Å². The summed E-state index contributed by atoms with van der Waals surface area (Å²) in [5, 5.41) is 2.38. The fourth-order valence-corrected chi connectivity index (χ4v) is 1.46. The van der Waals surface area contributed by atoms with Gasteiger partial charge in [0.15, 0.2) is 13.2 Å². The lowest BCUT2D eigenvalue weighted by Crippen LogP contribution is -2.39. The lowest BCUT2D eigenvalue weighted by Gasteiger charge is -2.15.